The second-order valence-electron chi connectivity index (χ2n) is 1.40. The maximum atomic E-state index is 10.3. The first-order chi connectivity index (χ1) is 4.09. The van der Waals surface area contributed by atoms with Crippen molar-refractivity contribution in [1.82, 2.24) is 4.90 Å². The van der Waals surface area contributed by atoms with Gasteiger partial charge in [-0.2, -0.15) is 0 Å². The van der Waals surface area contributed by atoms with Crippen molar-refractivity contribution in [2.45, 2.75) is 0 Å². The SMILES string of the molecule is C=CN(C)C(=O)C(=O)O. The van der Waals surface area contributed by atoms with E-state index in [0.29, 0.717) is 0 Å². The van der Waals surface area contributed by atoms with E-state index in [4.69, 9.17) is 5.11 Å². The zero-order chi connectivity index (χ0) is 7.44. The molecule has 0 fully saturated rings. The summed E-state index contributed by atoms with van der Waals surface area (Å²) in [5.74, 6) is -2.46. The van der Waals surface area contributed by atoms with Gasteiger partial charge in [0.2, 0.25) is 0 Å². The summed E-state index contributed by atoms with van der Waals surface area (Å²) in [7, 11) is 1.32. The fourth-order valence-electron chi connectivity index (χ4n) is 0.234. The second-order valence-corrected chi connectivity index (χ2v) is 1.40. The standard InChI is InChI=1S/C5H7NO3/c1-3-6(2)4(7)5(8)9/h3H,1H2,2H3,(H,8,9). The molecule has 0 aromatic heterocycles. The lowest BCUT2D eigenvalue weighted by Crippen LogP contribution is -2.28. The van der Waals surface area contributed by atoms with Crippen LogP contribution in [-0.4, -0.2) is 28.9 Å². The summed E-state index contributed by atoms with van der Waals surface area (Å²) in [6.07, 6.45) is 1.14. The second kappa shape index (κ2) is 2.86. The quantitative estimate of drug-likeness (QED) is 0.493. The van der Waals surface area contributed by atoms with Gasteiger partial charge in [0, 0.05) is 7.05 Å². The van der Waals surface area contributed by atoms with Crippen LogP contribution in [0, 0.1) is 0 Å². The van der Waals surface area contributed by atoms with E-state index in [-0.39, 0.29) is 0 Å². The van der Waals surface area contributed by atoms with Gasteiger partial charge >= 0.3 is 11.9 Å². The predicted molar refractivity (Wildman–Crippen MR) is 30.6 cm³/mol. The number of likely N-dealkylation sites (N-methyl/N-ethyl adjacent to an activating group) is 1. The fourth-order valence-corrected chi connectivity index (χ4v) is 0.234. The average Bonchev–Trinajstić information content (AvgIpc) is 1.84. The number of nitrogens with zero attached hydrogens (tertiary/aromatic N) is 1. The smallest absolute Gasteiger partial charge is 0.394 e. The zero-order valence-corrected chi connectivity index (χ0v) is 5.00. The molecule has 1 amide bonds. The minimum atomic E-state index is -1.47. The van der Waals surface area contributed by atoms with E-state index in [2.05, 4.69) is 6.58 Å². The third-order valence-electron chi connectivity index (χ3n) is 0.777. The molecule has 50 valence electrons. The Bertz CT molecular complexity index is 152. The fraction of sp³-hybridized carbons (Fsp3) is 0.200. The van der Waals surface area contributed by atoms with Gasteiger partial charge in [-0.3, -0.25) is 4.79 Å². The van der Waals surface area contributed by atoms with Crippen LogP contribution < -0.4 is 0 Å². The lowest BCUT2D eigenvalue weighted by Gasteiger charge is -2.05. The van der Waals surface area contributed by atoms with Gasteiger partial charge in [-0.05, 0) is 6.20 Å². The summed E-state index contributed by atoms with van der Waals surface area (Å²) in [5.41, 5.74) is 0. The Morgan fingerprint density at radius 3 is 2.22 bits per heavy atom. The lowest BCUT2D eigenvalue weighted by molar-refractivity contribution is -0.153. The highest BCUT2D eigenvalue weighted by Crippen LogP contribution is 1.82. The predicted octanol–water partition coefficient (Wildman–Crippen LogP) is -0.327. The summed E-state index contributed by atoms with van der Waals surface area (Å²) in [6, 6.07) is 0. The number of aliphatic carboxylic acids is 1. The summed E-state index contributed by atoms with van der Waals surface area (Å²) >= 11 is 0. The minimum absolute atomic E-state index is 0.891. The molecule has 9 heavy (non-hydrogen) atoms. The highest BCUT2D eigenvalue weighted by molar-refractivity contribution is 6.31. The van der Waals surface area contributed by atoms with Gasteiger partial charge in [-0.1, -0.05) is 6.58 Å². The van der Waals surface area contributed by atoms with E-state index in [1.807, 2.05) is 0 Å². The Balaban J connectivity index is 4.03. The van der Waals surface area contributed by atoms with Crippen LogP contribution in [0.3, 0.4) is 0 Å². The summed E-state index contributed by atoms with van der Waals surface area (Å²) in [4.78, 5) is 21.1. The normalized spacial score (nSPS) is 8.11. The summed E-state index contributed by atoms with van der Waals surface area (Å²) in [5, 5.41) is 8.04. The Hall–Kier alpha value is -1.32. The largest absolute Gasteiger partial charge is 0.474 e. The molecule has 0 saturated heterocycles. The molecule has 0 spiro atoms. The number of carbonyl (C=O) groups is 2. The molecule has 0 atom stereocenters. The van der Waals surface area contributed by atoms with E-state index in [9.17, 15) is 9.59 Å². The van der Waals surface area contributed by atoms with Gasteiger partial charge in [-0.15, -0.1) is 0 Å². The molecule has 0 aliphatic heterocycles. The Kier molecular flexibility index (Phi) is 2.44. The average molecular weight is 129 g/mol. The number of hydrogen-bond donors (Lipinski definition) is 1. The first-order valence-corrected chi connectivity index (χ1v) is 2.22. The topological polar surface area (TPSA) is 57.6 Å². The molecule has 0 aliphatic rings. The van der Waals surface area contributed by atoms with Crippen LogP contribution in [0.4, 0.5) is 0 Å². The lowest BCUT2D eigenvalue weighted by atomic mass is 10.5. The van der Waals surface area contributed by atoms with E-state index in [0.717, 1.165) is 11.1 Å². The van der Waals surface area contributed by atoms with Crippen molar-refractivity contribution >= 4 is 11.9 Å². The monoisotopic (exact) mass is 129 g/mol. The van der Waals surface area contributed by atoms with Crippen molar-refractivity contribution in [3.05, 3.63) is 12.8 Å². The van der Waals surface area contributed by atoms with Crippen LogP contribution in [0.5, 0.6) is 0 Å². The van der Waals surface area contributed by atoms with Crippen molar-refractivity contribution in [3.63, 3.8) is 0 Å². The molecule has 0 saturated carbocycles. The highest BCUT2D eigenvalue weighted by Gasteiger charge is 2.13. The molecular weight excluding hydrogens is 122 g/mol. The maximum Gasteiger partial charge on any atom is 0.394 e. The molecule has 4 heteroatoms. The summed E-state index contributed by atoms with van der Waals surface area (Å²) in [6.45, 7) is 3.21. The molecule has 4 nitrogen and oxygen atoms in total. The number of hydrogen-bond acceptors (Lipinski definition) is 2. The number of carboxylic acids is 1. The van der Waals surface area contributed by atoms with E-state index < -0.39 is 11.9 Å². The first kappa shape index (κ1) is 7.68. The Morgan fingerprint density at radius 1 is 1.67 bits per heavy atom. The van der Waals surface area contributed by atoms with Crippen molar-refractivity contribution in [2.75, 3.05) is 7.05 Å². The Labute approximate surface area is 52.4 Å². The van der Waals surface area contributed by atoms with Crippen molar-refractivity contribution < 1.29 is 14.7 Å². The molecule has 1 N–H and O–H groups in total. The molecule has 0 rings (SSSR count). The van der Waals surface area contributed by atoms with Crippen molar-refractivity contribution in [1.29, 1.82) is 0 Å². The van der Waals surface area contributed by atoms with Crippen LogP contribution in [0.1, 0.15) is 0 Å². The minimum Gasteiger partial charge on any atom is -0.474 e. The van der Waals surface area contributed by atoms with Crippen molar-refractivity contribution in [2.24, 2.45) is 0 Å². The van der Waals surface area contributed by atoms with Crippen molar-refractivity contribution in [3.8, 4) is 0 Å². The molecule has 0 aromatic rings. The molecular formula is C5H7NO3. The molecule has 0 aliphatic carbocycles. The molecule has 0 aromatic carbocycles. The van der Waals surface area contributed by atoms with Gasteiger partial charge in [0.1, 0.15) is 0 Å². The maximum absolute atomic E-state index is 10.3. The van der Waals surface area contributed by atoms with Crippen LogP contribution in [0.25, 0.3) is 0 Å². The van der Waals surface area contributed by atoms with Gasteiger partial charge in [0.25, 0.3) is 0 Å². The number of carboxylic acid groups (broad SMARTS) is 1. The molecule has 0 heterocycles. The van der Waals surface area contributed by atoms with Gasteiger partial charge in [0.05, 0.1) is 0 Å². The first-order valence-electron chi connectivity index (χ1n) is 2.22. The van der Waals surface area contributed by atoms with Gasteiger partial charge in [-0.25, -0.2) is 4.79 Å². The number of amides is 1. The van der Waals surface area contributed by atoms with Crippen LogP contribution in [0.15, 0.2) is 12.8 Å². The highest BCUT2D eigenvalue weighted by atomic mass is 16.4. The molecule has 0 unspecified atom stereocenters. The molecule has 0 bridgehead atoms. The zero-order valence-electron chi connectivity index (χ0n) is 5.00. The van der Waals surface area contributed by atoms with E-state index in [1.165, 1.54) is 7.05 Å². The van der Waals surface area contributed by atoms with Gasteiger partial charge < -0.3 is 10.0 Å². The van der Waals surface area contributed by atoms with E-state index >= 15 is 0 Å². The number of rotatable bonds is 1. The third kappa shape index (κ3) is 1.94. The summed E-state index contributed by atoms with van der Waals surface area (Å²) < 4.78 is 0. The van der Waals surface area contributed by atoms with Gasteiger partial charge in [0.15, 0.2) is 0 Å². The third-order valence-corrected chi connectivity index (χ3v) is 0.777. The number of carbonyl (C=O) groups excluding carboxylic acids is 1. The Morgan fingerprint density at radius 2 is 2.11 bits per heavy atom. The van der Waals surface area contributed by atoms with Crippen LogP contribution >= 0.6 is 0 Å². The van der Waals surface area contributed by atoms with E-state index in [1.54, 1.807) is 0 Å². The van der Waals surface area contributed by atoms with Crippen LogP contribution in [-0.2, 0) is 9.59 Å². The van der Waals surface area contributed by atoms with Crippen LogP contribution in [0.2, 0.25) is 0 Å². The molecule has 0 radical (unpaired) electrons.